The summed E-state index contributed by atoms with van der Waals surface area (Å²) in [6.45, 7) is 4.27. The van der Waals surface area contributed by atoms with Crippen molar-refractivity contribution >= 4 is 17.4 Å². The Bertz CT molecular complexity index is 560. The molecule has 3 saturated carbocycles. The molecule has 3 aliphatic carbocycles. The Morgan fingerprint density at radius 3 is 2.59 bits per heavy atom. The number of carbonyl (C=O) groups is 1. The van der Waals surface area contributed by atoms with Gasteiger partial charge in [0.1, 0.15) is 0 Å². The van der Waals surface area contributed by atoms with E-state index in [9.17, 15) is 4.79 Å². The van der Waals surface area contributed by atoms with E-state index in [0.717, 1.165) is 11.6 Å². The molecule has 1 aromatic rings. The van der Waals surface area contributed by atoms with Crippen LogP contribution in [0.15, 0.2) is 5.38 Å². The number of thiazole rings is 1. The van der Waals surface area contributed by atoms with Crippen molar-refractivity contribution in [1.29, 1.82) is 0 Å². The Morgan fingerprint density at radius 1 is 1.27 bits per heavy atom. The summed E-state index contributed by atoms with van der Waals surface area (Å²) in [5.41, 5.74) is 1.02. The molecule has 0 bridgehead atoms. The van der Waals surface area contributed by atoms with E-state index in [2.05, 4.69) is 29.4 Å². The second kappa shape index (κ2) is 5.52. The topological polar surface area (TPSA) is 45.2 Å². The molecule has 22 heavy (non-hydrogen) atoms. The second-order valence-corrected chi connectivity index (χ2v) is 8.16. The third kappa shape index (κ3) is 3.00. The fourth-order valence-corrected chi connectivity index (χ4v) is 4.28. The van der Waals surface area contributed by atoms with E-state index in [0.29, 0.717) is 18.0 Å². The SMILES string of the molecule is C[C@H](NC(=O)N(C1CC1)[C@@H](C)C1CC1)c1csc(C2CC2)n1. The second-order valence-electron chi connectivity index (χ2n) is 7.27. The molecular weight excluding hydrogens is 294 g/mol. The number of rotatable bonds is 6. The Labute approximate surface area is 136 Å². The van der Waals surface area contributed by atoms with Crippen LogP contribution in [-0.4, -0.2) is 28.0 Å². The standard InChI is InChI=1S/C17H25N3OS/c1-10(15-9-22-16(19-15)13-5-6-13)18-17(21)20(14-7-8-14)11(2)12-3-4-12/h9-14H,3-8H2,1-2H3,(H,18,21)/t10-,11-/m0/s1. The van der Waals surface area contributed by atoms with Gasteiger partial charge in [0, 0.05) is 23.4 Å². The number of carbonyl (C=O) groups excluding carboxylic acids is 1. The molecular formula is C17H25N3OS. The van der Waals surface area contributed by atoms with E-state index < -0.39 is 0 Å². The summed E-state index contributed by atoms with van der Waals surface area (Å²) in [5, 5.41) is 6.55. The van der Waals surface area contributed by atoms with Crippen LogP contribution in [0.4, 0.5) is 4.79 Å². The zero-order chi connectivity index (χ0) is 15.3. The molecule has 0 radical (unpaired) electrons. The highest BCUT2D eigenvalue weighted by Gasteiger charge is 2.42. The quantitative estimate of drug-likeness (QED) is 0.859. The lowest BCUT2D eigenvalue weighted by Gasteiger charge is -2.30. The van der Waals surface area contributed by atoms with Crippen molar-refractivity contribution in [2.24, 2.45) is 5.92 Å². The van der Waals surface area contributed by atoms with Crippen LogP contribution in [0.25, 0.3) is 0 Å². The number of urea groups is 1. The Morgan fingerprint density at radius 2 is 2.00 bits per heavy atom. The molecule has 2 atom stereocenters. The molecule has 4 nitrogen and oxygen atoms in total. The molecule has 1 aromatic heterocycles. The van der Waals surface area contributed by atoms with Gasteiger partial charge in [-0.05, 0) is 58.3 Å². The minimum atomic E-state index is 0.00361. The maximum absolute atomic E-state index is 12.7. The van der Waals surface area contributed by atoms with Crippen LogP contribution in [0.1, 0.15) is 75.0 Å². The smallest absolute Gasteiger partial charge is 0.318 e. The third-order valence-electron chi connectivity index (χ3n) is 5.17. The average molecular weight is 319 g/mol. The van der Waals surface area contributed by atoms with Gasteiger partial charge in [0.25, 0.3) is 0 Å². The minimum absolute atomic E-state index is 0.00361. The van der Waals surface area contributed by atoms with E-state index in [1.54, 1.807) is 11.3 Å². The summed E-state index contributed by atoms with van der Waals surface area (Å²) in [4.78, 5) is 19.6. The molecule has 1 N–H and O–H groups in total. The van der Waals surface area contributed by atoms with Crippen LogP contribution >= 0.6 is 11.3 Å². The molecule has 0 unspecified atom stereocenters. The highest BCUT2D eigenvalue weighted by Crippen LogP contribution is 2.42. The van der Waals surface area contributed by atoms with Gasteiger partial charge in [0.15, 0.2) is 0 Å². The first-order valence-electron chi connectivity index (χ1n) is 8.67. The van der Waals surface area contributed by atoms with Gasteiger partial charge in [-0.2, -0.15) is 0 Å². The van der Waals surface area contributed by atoms with Gasteiger partial charge in [0.05, 0.1) is 16.7 Å². The lowest BCUT2D eigenvalue weighted by atomic mass is 10.2. The highest BCUT2D eigenvalue weighted by molar-refractivity contribution is 7.09. The number of nitrogens with one attached hydrogen (secondary N) is 1. The van der Waals surface area contributed by atoms with E-state index in [-0.39, 0.29) is 12.1 Å². The van der Waals surface area contributed by atoms with Gasteiger partial charge < -0.3 is 10.2 Å². The van der Waals surface area contributed by atoms with Gasteiger partial charge in [-0.25, -0.2) is 9.78 Å². The molecule has 1 heterocycles. The van der Waals surface area contributed by atoms with E-state index in [1.807, 2.05) is 0 Å². The van der Waals surface area contributed by atoms with Crippen molar-refractivity contribution < 1.29 is 4.79 Å². The fraction of sp³-hybridized carbons (Fsp3) is 0.765. The predicted molar refractivity (Wildman–Crippen MR) is 88.1 cm³/mol. The average Bonchev–Trinajstić information content (AvgIpc) is 3.33. The van der Waals surface area contributed by atoms with Crippen LogP contribution in [0, 0.1) is 5.92 Å². The van der Waals surface area contributed by atoms with Crippen LogP contribution in [0.5, 0.6) is 0 Å². The molecule has 0 saturated heterocycles. The molecule has 120 valence electrons. The first-order chi connectivity index (χ1) is 10.6. The van der Waals surface area contributed by atoms with Gasteiger partial charge in [0.2, 0.25) is 0 Å². The van der Waals surface area contributed by atoms with Crippen molar-refractivity contribution in [2.75, 3.05) is 0 Å². The highest BCUT2D eigenvalue weighted by atomic mass is 32.1. The third-order valence-corrected chi connectivity index (χ3v) is 6.19. The summed E-state index contributed by atoms with van der Waals surface area (Å²) in [6, 6.07) is 0.969. The van der Waals surface area contributed by atoms with Crippen LogP contribution in [0.2, 0.25) is 0 Å². The maximum atomic E-state index is 12.7. The lowest BCUT2D eigenvalue weighted by molar-refractivity contribution is 0.164. The van der Waals surface area contributed by atoms with Crippen LogP contribution in [-0.2, 0) is 0 Å². The van der Waals surface area contributed by atoms with Crippen LogP contribution < -0.4 is 5.32 Å². The number of amides is 2. The summed E-state index contributed by atoms with van der Waals surface area (Å²) < 4.78 is 0. The molecule has 0 spiro atoms. The predicted octanol–water partition coefficient (Wildman–Crippen LogP) is 4.05. The van der Waals surface area contributed by atoms with E-state index in [4.69, 9.17) is 4.98 Å². The Hall–Kier alpha value is -1.10. The first kappa shape index (κ1) is 14.5. The Balaban J connectivity index is 1.40. The first-order valence-corrected chi connectivity index (χ1v) is 9.55. The number of nitrogens with zero attached hydrogens (tertiary/aromatic N) is 2. The normalized spacial score (nSPS) is 23.9. The minimum Gasteiger partial charge on any atom is -0.330 e. The van der Waals surface area contributed by atoms with Gasteiger partial charge in [-0.1, -0.05) is 0 Å². The molecule has 0 aromatic carbocycles. The summed E-state index contributed by atoms with van der Waals surface area (Å²) >= 11 is 1.75. The zero-order valence-corrected chi connectivity index (χ0v) is 14.2. The van der Waals surface area contributed by atoms with Gasteiger partial charge >= 0.3 is 6.03 Å². The van der Waals surface area contributed by atoms with Crippen molar-refractivity contribution in [3.05, 3.63) is 16.1 Å². The molecule has 3 fully saturated rings. The monoisotopic (exact) mass is 319 g/mol. The number of hydrogen-bond acceptors (Lipinski definition) is 3. The lowest BCUT2D eigenvalue weighted by Crippen LogP contribution is -2.47. The van der Waals surface area contributed by atoms with Crippen molar-refractivity contribution in [3.63, 3.8) is 0 Å². The molecule has 3 aliphatic rings. The Kier molecular flexibility index (Phi) is 3.63. The van der Waals surface area contributed by atoms with Gasteiger partial charge in [-0.15, -0.1) is 11.3 Å². The summed E-state index contributed by atoms with van der Waals surface area (Å²) in [5.74, 6) is 1.42. The number of aromatic nitrogens is 1. The molecule has 2 amide bonds. The molecule has 0 aliphatic heterocycles. The maximum Gasteiger partial charge on any atom is 0.318 e. The van der Waals surface area contributed by atoms with Crippen molar-refractivity contribution in [3.8, 4) is 0 Å². The van der Waals surface area contributed by atoms with Crippen LogP contribution in [0.3, 0.4) is 0 Å². The van der Waals surface area contributed by atoms with Crippen molar-refractivity contribution in [2.45, 2.75) is 76.4 Å². The van der Waals surface area contributed by atoms with E-state index >= 15 is 0 Å². The zero-order valence-electron chi connectivity index (χ0n) is 13.4. The molecule has 4 rings (SSSR count). The van der Waals surface area contributed by atoms with Gasteiger partial charge in [-0.3, -0.25) is 0 Å². The van der Waals surface area contributed by atoms with Crippen molar-refractivity contribution in [1.82, 2.24) is 15.2 Å². The number of hydrogen-bond donors (Lipinski definition) is 1. The fourth-order valence-electron chi connectivity index (χ4n) is 3.19. The van der Waals surface area contributed by atoms with E-state index in [1.165, 1.54) is 43.5 Å². The largest absolute Gasteiger partial charge is 0.330 e. The summed E-state index contributed by atoms with van der Waals surface area (Å²) in [6.07, 6.45) is 7.46. The molecule has 5 heteroatoms. The summed E-state index contributed by atoms with van der Waals surface area (Å²) in [7, 11) is 0.